The summed E-state index contributed by atoms with van der Waals surface area (Å²) < 4.78 is 16.7. The Morgan fingerprint density at radius 1 is 1.14 bits per heavy atom. The highest BCUT2D eigenvalue weighted by Crippen LogP contribution is 2.34. The van der Waals surface area contributed by atoms with Crippen molar-refractivity contribution in [1.82, 2.24) is 0 Å². The van der Waals surface area contributed by atoms with Crippen LogP contribution in [0.2, 0.25) is 0 Å². The third-order valence-electron chi connectivity index (χ3n) is 3.16. The second-order valence-electron chi connectivity index (χ2n) is 4.62. The van der Waals surface area contributed by atoms with Gasteiger partial charge in [-0.3, -0.25) is 0 Å². The standard InChI is InChI=1S/C16H14N2O3/c17-9-11-2-1-3-13(6-11)21-10-12-7-15-16(8-14(12)18)20-5-4-19-15/h1-3,6-8H,4-5,10,18H2. The first kappa shape index (κ1) is 13.1. The van der Waals surface area contributed by atoms with Crippen LogP contribution in [0.5, 0.6) is 17.2 Å². The van der Waals surface area contributed by atoms with Crippen LogP contribution in [0, 0.1) is 11.3 Å². The van der Waals surface area contributed by atoms with E-state index in [0.29, 0.717) is 48.3 Å². The van der Waals surface area contributed by atoms with Gasteiger partial charge in [-0.25, -0.2) is 0 Å². The van der Waals surface area contributed by atoms with Crippen LogP contribution in [0.15, 0.2) is 36.4 Å². The normalized spacial score (nSPS) is 12.5. The highest BCUT2D eigenvalue weighted by Gasteiger charge is 2.14. The fourth-order valence-electron chi connectivity index (χ4n) is 2.09. The summed E-state index contributed by atoms with van der Waals surface area (Å²) >= 11 is 0. The van der Waals surface area contributed by atoms with E-state index >= 15 is 0 Å². The number of anilines is 1. The van der Waals surface area contributed by atoms with E-state index in [1.165, 1.54) is 0 Å². The summed E-state index contributed by atoms with van der Waals surface area (Å²) in [5.74, 6) is 1.97. The molecule has 0 saturated carbocycles. The summed E-state index contributed by atoms with van der Waals surface area (Å²) in [5, 5.41) is 8.87. The zero-order valence-electron chi connectivity index (χ0n) is 11.3. The number of nitrogens with two attached hydrogens (primary N) is 1. The fourth-order valence-corrected chi connectivity index (χ4v) is 2.09. The third-order valence-corrected chi connectivity index (χ3v) is 3.16. The monoisotopic (exact) mass is 282 g/mol. The molecule has 0 spiro atoms. The molecule has 0 amide bonds. The van der Waals surface area contributed by atoms with Gasteiger partial charge in [-0.05, 0) is 24.3 Å². The van der Waals surface area contributed by atoms with Gasteiger partial charge >= 0.3 is 0 Å². The van der Waals surface area contributed by atoms with Gasteiger partial charge in [0, 0.05) is 17.3 Å². The number of nitrogen functional groups attached to an aromatic ring is 1. The Labute approximate surface area is 122 Å². The van der Waals surface area contributed by atoms with Gasteiger partial charge in [-0.1, -0.05) is 6.07 Å². The number of nitrogens with zero attached hydrogens (tertiary/aromatic N) is 1. The molecule has 0 aliphatic carbocycles. The van der Waals surface area contributed by atoms with Gasteiger partial charge in [0.05, 0.1) is 11.6 Å². The SMILES string of the molecule is N#Cc1cccc(OCc2cc3c(cc2N)OCCO3)c1. The minimum Gasteiger partial charge on any atom is -0.489 e. The van der Waals surface area contributed by atoms with Crippen LogP contribution in [0.4, 0.5) is 5.69 Å². The summed E-state index contributed by atoms with van der Waals surface area (Å²) in [7, 11) is 0. The first-order valence-corrected chi connectivity index (χ1v) is 6.57. The summed E-state index contributed by atoms with van der Waals surface area (Å²) in [6.45, 7) is 1.36. The predicted octanol–water partition coefficient (Wildman–Crippen LogP) is 2.49. The van der Waals surface area contributed by atoms with Crippen LogP contribution in [0.3, 0.4) is 0 Å². The lowest BCUT2D eigenvalue weighted by molar-refractivity contribution is 0.171. The Morgan fingerprint density at radius 3 is 2.67 bits per heavy atom. The molecule has 21 heavy (non-hydrogen) atoms. The fraction of sp³-hybridized carbons (Fsp3) is 0.188. The van der Waals surface area contributed by atoms with Gasteiger partial charge in [0.25, 0.3) is 0 Å². The van der Waals surface area contributed by atoms with Crippen molar-refractivity contribution >= 4 is 5.69 Å². The Morgan fingerprint density at radius 2 is 1.90 bits per heavy atom. The van der Waals surface area contributed by atoms with E-state index in [1.54, 1.807) is 30.3 Å². The number of ether oxygens (including phenoxy) is 3. The van der Waals surface area contributed by atoms with Crippen molar-refractivity contribution in [2.24, 2.45) is 0 Å². The minimum absolute atomic E-state index is 0.303. The average molecular weight is 282 g/mol. The maximum atomic E-state index is 8.87. The molecule has 106 valence electrons. The molecule has 0 unspecified atom stereocenters. The number of benzene rings is 2. The Bertz CT molecular complexity index is 707. The van der Waals surface area contributed by atoms with E-state index in [0.717, 1.165) is 5.56 Å². The quantitative estimate of drug-likeness (QED) is 0.875. The van der Waals surface area contributed by atoms with E-state index < -0.39 is 0 Å². The average Bonchev–Trinajstić information content (AvgIpc) is 2.53. The highest BCUT2D eigenvalue weighted by atomic mass is 16.6. The molecule has 0 fully saturated rings. The van der Waals surface area contributed by atoms with E-state index in [-0.39, 0.29) is 0 Å². The zero-order chi connectivity index (χ0) is 14.7. The lowest BCUT2D eigenvalue weighted by Gasteiger charge is -2.20. The van der Waals surface area contributed by atoms with Crippen LogP contribution in [0.1, 0.15) is 11.1 Å². The van der Waals surface area contributed by atoms with Gasteiger partial charge in [-0.2, -0.15) is 5.26 Å². The van der Waals surface area contributed by atoms with Crippen LogP contribution >= 0.6 is 0 Å². The van der Waals surface area contributed by atoms with Crippen LogP contribution in [-0.4, -0.2) is 13.2 Å². The molecule has 3 rings (SSSR count). The Balaban J connectivity index is 1.77. The molecular weight excluding hydrogens is 268 g/mol. The topological polar surface area (TPSA) is 77.5 Å². The van der Waals surface area contributed by atoms with Gasteiger partial charge in [0.2, 0.25) is 0 Å². The van der Waals surface area contributed by atoms with Crippen LogP contribution in [0.25, 0.3) is 0 Å². The van der Waals surface area contributed by atoms with Crippen molar-refractivity contribution in [3.8, 4) is 23.3 Å². The lowest BCUT2D eigenvalue weighted by Crippen LogP contribution is -2.16. The maximum absolute atomic E-state index is 8.87. The molecule has 1 heterocycles. The van der Waals surface area contributed by atoms with Gasteiger partial charge in [0.1, 0.15) is 25.6 Å². The zero-order valence-corrected chi connectivity index (χ0v) is 11.3. The van der Waals surface area contributed by atoms with Crippen molar-refractivity contribution in [3.05, 3.63) is 47.5 Å². The van der Waals surface area contributed by atoms with E-state index in [9.17, 15) is 0 Å². The smallest absolute Gasteiger partial charge is 0.163 e. The maximum Gasteiger partial charge on any atom is 0.163 e. The highest BCUT2D eigenvalue weighted by molar-refractivity contribution is 5.58. The van der Waals surface area contributed by atoms with E-state index in [4.69, 9.17) is 25.2 Å². The number of rotatable bonds is 3. The third kappa shape index (κ3) is 2.84. The van der Waals surface area contributed by atoms with Gasteiger partial charge in [-0.15, -0.1) is 0 Å². The molecule has 2 N–H and O–H groups in total. The summed E-state index contributed by atoms with van der Waals surface area (Å²) in [6.07, 6.45) is 0. The number of nitriles is 1. The van der Waals surface area contributed by atoms with Crippen LogP contribution in [-0.2, 0) is 6.61 Å². The summed E-state index contributed by atoms with van der Waals surface area (Å²) in [5.41, 5.74) is 7.97. The predicted molar refractivity (Wildman–Crippen MR) is 77.3 cm³/mol. The minimum atomic E-state index is 0.303. The molecule has 0 aromatic heterocycles. The molecule has 5 nitrogen and oxygen atoms in total. The van der Waals surface area contributed by atoms with Gasteiger partial charge in [0.15, 0.2) is 11.5 Å². The summed E-state index contributed by atoms with van der Waals surface area (Å²) in [6, 6.07) is 12.7. The molecule has 0 saturated heterocycles. The number of hydrogen-bond acceptors (Lipinski definition) is 5. The first-order valence-electron chi connectivity index (χ1n) is 6.57. The number of hydrogen-bond donors (Lipinski definition) is 1. The summed E-state index contributed by atoms with van der Waals surface area (Å²) in [4.78, 5) is 0. The Hall–Kier alpha value is -2.87. The Kier molecular flexibility index (Phi) is 3.52. The second kappa shape index (κ2) is 5.63. The van der Waals surface area contributed by atoms with Crippen molar-refractivity contribution in [2.75, 3.05) is 18.9 Å². The van der Waals surface area contributed by atoms with E-state index in [1.807, 2.05) is 6.07 Å². The molecule has 2 aromatic carbocycles. The molecule has 1 aliphatic rings. The van der Waals surface area contributed by atoms with Crippen LogP contribution < -0.4 is 19.9 Å². The first-order chi connectivity index (χ1) is 10.3. The molecule has 5 heteroatoms. The van der Waals surface area contributed by atoms with Crippen molar-refractivity contribution in [1.29, 1.82) is 5.26 Å². The number of fused-ring (bicyclic) bond motifs is 1. The molecule has 2 aromatic rings. The molecular formula is C16H14N2O3. The van der Waals surface area contributed by atoms with Gasteiger partial charge < -0.3 is 19.9 Å². The molecule has 0 atom stereocenters. The lowest BCUT2D eigenvalue weighted by atomic mass is 10.1. The van der Waals surface area contributed by atoms with Crippen molar-refractivity contribution in [3.63, 3.8) is 0 Å². The van der Waals surface area contributed by atoms with Crippen molar-refractivity contribution in [2.45, 2.75) is 6.61 Å². The largest absolute Gasteiger partial charge is 0.489 e. The van der Waals surface area contributed by atoms with E-state index in [2.05, 4.69) is 6.07 Å². The molecule has 0 bridgehead atoms. The molecule has 1 aliphatic heterocycles. The molecule has 0 radical (unpaired) electrons. The van der Waals surface area contributed by atoms with Crippen molar-refractivity contribution < 1.29 is 14.2 Å². The second-order valence-corrected chi connectivity index (χ2v) is 4.62.